The van der Waals surface area contributed by atoms with E-state index < -0.39 is 8.32 Å². The number of ether oxygens (including phenoxy) is 2. The van der Waals surface area contributed by atoms with Crippen LogP contribution < -0.4 is 4.74 Å². The van der Waals surface area contributed by atoms with Crippen LogP contribution in [0, 0.1) is 0 Å². The fourth-order valence-corrected chi connectivity index (χ4v) is 4.01. The molecule has 2 atom stereocenters. The third-order valence-corrected chi connectivity index (χ3v) is 9.59. The highest BCUT2D eigenvalue weighted by atomic mass is 28.4. The number of benzene rings is 1. The molecule has 1 aromatic carbocycles. The van der Waals surface area contributed by atoms with Crippen LogP contribution in [-0.2, 0) is 20.4 Å². The summed E-state index contributed by atoms with van der Waals surface area (Å²) < 4.78 is 17.5. The third kappa shape index (κ3) is 4.39. The minimum atomic E-state index is -1.82. The van der Waals surface area contributed by atoms with Crippen LogP contribution in [0.4, 0.5) is 0 Å². The van der Waals surface area contributed by atoms with E-state index in [4.69, 9.17) is 13.9 Å². The number of esters is 1. The van der Waals surface area contributed by atoms with Gasteiger partial charge in [-0.2, -0.15) is 0 Å². The molecule has 0 bridgehead atoms. The predicted molar refractivity (Wildman–Crippen MR) is 97.9 cm³/mol. The van der Waals surface area contributed by atoms with Crippen LogP contribution in [0.5, 0.6) is 5.75 Å². The van der Waals surface area contributed by atoms with E-state index in [0.717, 1.165) is 16.9 Å². The average Bonchev–Trinajstić information content (AvgIpc) is 2.44. The van der Waals surface area contributed by atoms with Gasteiger partial charge >= 0.3 is 5.97 Å². The SMILES string of the molecule is CC(=O)OC1COc2ccc([C@@H](C)O[Si](C)(C)C(C)(C)C)cc2C1. The minimum absolute atomic E-state index is 0.0327. The topological polar surface area (TPSA) is 44.8 Å². The molecule has 0 aromatic heterocycles. The number of hydrogen-bond acceptors (Lipinski definition) is 4. The van der Waals surface area contributed by atoms with Gasteiger partial charge in [0.1, 0.15) is 18.5 Å². The Kier molecular flexibility index (Phi) is 5.45. The first-order valence-electron chi connectivity index (χ1n) is 8.60. The summed E-state index contributed by atoms with van der Waals surface area (Å²) in [6.07, 6.45) is 0.516. The molecule has 0 radical (unpaired) electrons. The molecule has 24 heavy (non-hydrogen) atoms. The van der Waals surface area contributed by atoms with E-state index in [1.807, 2.05) is 6.07 Å². The van der Waals surface area contributed by atoms with Gasteiger partial charge in [0.25, 0.3) is 0 Å². The third-order valence-electron chi connectivity index (χ3n) is 5.04. The van der Waals surface area contributed by atoms with Crippen molar-refractivity contribution in [1.82, 2.24) is 0 Å². The first-order chi connectivity index (χ1) is 11.0. The van der Waals surface area contributed by atoms with Crippen LogP contribution in [0.15, 0.2) is 18.2 Å². The predicted octanol–water partition coefficient (Wildman–Crippen LogP) is 4.64. The lowest BCUT2D eigenvalue weighted by atomic mass is 10.00. The van der Waals surface area contributed by atoms with Gasteiger partial charge in [-0.1, -0.05) is 26.8 Å². The standard InChI is InChI=1S/C19H30O4Si/c1-13(23-24(6,7)19(3,4)5)15-8-9-18-16(10-15)11-17(12-21-18)22-14(2)20/h8-10,13,17H,11-12H2,1-7H3/t13-,17?/m1/s1. The zero-order valence-electron chi connectivity index (χ0n) is 15.9. The van der Waals surface area contributed by atoms with Crippen molar-refractivity contribution in [2.75, 3.05) is 6.61 Å². The van der Waals surface area contributed by atoms with Gasteiger partial charge in [-0.3, -0.25) is 4.79 Å². The van der Waals surface area contributed by atoms with E-state index in [1.54, 1.807) is 0 Å². The largest absolute Gasteiger partial charge is 0.489 e. The van der Waals surface area contributed by atoms with Crippen molar-refractivity contribution >= 4 is 14.3 Å². The Morgan fingerprint density at radius 3 is 2.58 bits per heavy atom. The monoisotopic (exact) mass is 350 g/mol. The summed E-state index contributed by atoms with van der Waals surface area (Å²) in [5.74, 6) is 0.611. The molecule has 1 aromatic rings. The Labute approximate surface area is 146 Å². The van der Waals surface area contributed by atoms with Crippen LogP contribution in [0.2, 0.25) is 18.1 Å². The van der Waals surface area contributed by atoms with E-state index in [-0.39, 0.29) is 23.2 Å². The lowest BCUT2D eigenvalue weighted by molar-refractivity contribution is -0.148. The van der Waals surface area contributed by atoms with Gasteiger partial charge in [-0.25, -0.2) is 0 Å². The van der Waals surface area contributed by atoms with E-state index in [1.165, 1.54) is 6.92 Å². The molecule has 4 nitrogen and oxygen atoms in total. The van der Waals surface area contributed by atoms with Crippen molar-refractivity contribution in [1.29, 1.82) is 0 Å². The first kappa shape index (κ1) is 19.0. The Bertz CT molecular complexity index is 604. The molecule has 0 saturated carbocycles. The van der Waals surface area contributed by atoms with Crippen molar-refractivity contribution in [3.8, 4) is 5.75 Å². The number of hydrogen-bond donors (Lipinski definition) is 0. The Morgan fingerprint density at radius 1 is 1.33 bits per heavy atom. The summed E-state index contributed by atoms with van der Waals surface area (Å²) in [5.41, 5.74) is 2.22. The van der Waals surface area contributed by atoms with E-state index >= 15 is 0 Å². The van der Waals surface area contributed by atoms with Crippen molar-refractivity contribution in [2.45, 2.75) is 71.4 Å². The molecule has 2 rings (SSSR count). The van der Waals surface area contributed by atoms with Crippen LogP contribution in [0.1, 0.15) is 51.8 Å². The second-order valence-corrected chi connectivity index (χ2v) is 12.9. The highest BCUT2D eigenvalue weighted by Crippen LogP contribution is 2.40. The van der Waals surface area contributed by atoms with Gasteiger partial charge in [0.15, 0.2) is 8.32 Å². The fourth-order valence-electron chi connectivity index (χ4n) is 2.64. The van der Waals surface area contributed by atoms with E-state index in [0.29, 0.717) is 13.0 Å². The zero-order chi connectivity index (χ0) is 18.1. The van der Waals surface area contributed by atoms with Crippen molar-refractivity contribution < 1.29 is 18.7 Å². The number of fused-ring (bicyclic) bond motifs is 1. The Morgan fingerprint density at radius 2 is 2.00 bits per heavy atom. The maximum Gasteiger partial charge on any atom is 0.303 e. The lowest BCUT2D eigenvalue weighted by Crippen LogP contribution is -2.41. The van der Waals surface area contributed by atoms with Crippen LogP contribution in [0.3, 0.4) is 0 Å². The van der Waals surface area contributed by atoms with Gasteiger partial charge in [-0.05, 0) is 48.3 Å². The Hall–Kier alpha value is -1.33. The first-order valence-corrected chi connectivity index (χ1v) is 11.5. The molecule has 1 aliphatic rings. The van der Waals surface area contributed by atoms with Gasteiger partial charge in [0, 0.05) is 13.3 Å². The molecule has 1 unspecified atom stereocenters. The lowest BCUT2D eigenvalue weighted by Gasteiger charge is -2.38. The summed E-state index contributed by atoms with van der Waals surface area (Å²) in [7, 11) is -1.82. The molecule has 0 amide bonds. The quantitative estimate of drug-likeness (QED) is 0.586. The van der Waals surface area contributed by atoms with Crippen molar-refractivity contribution in [3.05, 3.63) is 29.3 Å². The molecule has 0 N–H and O–H groups in total. The van der Waals surface area contributed by atoms with E-state index in [9.17, 15) is 4.79 Å². The van der Waals surface area contributed by atoms with Gasteiger partial charge < -0.3 is 13.9 Å². The minimum Gasteiger partial charge on any atom is -0.489 e. The second-order valence-electron chi connectivity index (χ2n) is 8.13. The maximum absolute atomic E-state index is 11.2. The summed E-state index contributed by atoms with van der Waals surface area (Å²) in [5, 5.41) is 0.180. The molecule has 5 heteroatoms. The van der Waals surface area contributed by atoms with Gasteiger partial charge in [-0.15, -0.1) is 0 Å². The summed E-state index contributed by atoms with van der Waals surface area (Å²) in [6.45, 7) is 15.2. The highest BCUT2D eigenvalue weighted by molar-refractivity contribution is 6.74. The zero-order valence-corrected chi connectivity index (χ0v) is 16.9. The summed E-state index contributed by atoms with van der Waals surface area (Å²) in [4.78, 5) is 11.2. The van der Waals surface area contributed by atoms with Crippen LogP contribution >= 0.6 is 0 Å². The smallest absolute Gasteiger partial charge is 0.303 e. The average molecular weight is 351 g/mol. The molecule has 0 aliphatic carbocycles. The number of rotatable bonds is 4. The highest BCUT2D eigenvalue weighted by Gasteiger charge is 2.38. The van der Waals surface area contributed by atoms with Crippen molar-refractivity contribution in [2.24, 2.45) is 0 Å². The molecule has 1 heterocycles. The van der Waals surface area contributed by atoms with E-state index in [2.05, 4.69) is 52.9 Å². The number of carbonyl (C=O) groups excluding carboxylic acids is 1. The maximum atomic E-state index is 11.2. The van der Waals surface area contributed by atoms with Crippen molar-refractivity contribution in [3.63, 3.8) is 0 Å². The molecule has 0 saturated heterocycles. The summed E-state index contributed by atoms with van der Waals surface area (Å²) >= 11 is 0. The van der Waals surface area contributed by atoms with Gasteiger partial charge in [0.2, 0.25) is 0 Å². The second kappa shape index (κ2) is 6.88. The normalized spacial score (nSPS) is 19.2. The molecular weight excluding hydrogens is 320 g/mol. The Balaban J connectivity index is 2.14. The van der Waals surface area contributed by atoms with Gasteiger partial charge in [0.05, 0.1) is 6.10 Å². The molecule has 1 aliphatic heterocycles. The molecular formula is C19H30O4Si. The molecule has 134 valence electrons. The molecule has 0 spiro atoms. The summed E-state index contributed by atoms with van der Waals surface area (Å²) in [6, 6.07) is 6.20. The molecule has 0 fully saturated rings. The van der Waals surface area contributed by atoms with Crippen LogP contribution in [0.25, 0.3) is 0 Å². The fraction of sp³-hybridized carbons (Fsp3) is 0.632. The number of carbonyl (C=O) groups is 1. The van der Waals surface area contributed by atoms with Crippen LogP contribution in [-0.4, -0.2) is 27.0 Å².